The zero-order chi connectivity index (χ0) is 15.5. The predicted molar refractivity (Wildman–Crippen MR) is 87.7 cm³/mol. The molecule has 0 amide bonds. The van der Waals surface area contributed by atoms with Gasteiger partial charge >= 0.3 is 0 Å². The highest BCUT2D eigenvalue weighted by Gasteiger charge is 2.10. The van der Waals surface area contributed by atoms with Gasteiger partial charge in [0.05, 0.1) is 11.3 Å². The summed E-state index contributed by atoms with van der Waals surface area (Å²) in [5.74, 6) is 0. The molecule has 3 rings (SSSR count). The lowest BCUT2D eigenvalue weighted by molar-refractivity contribution is 0.835. The molecule has 0 atom stereocenters. The minimum atomic E-state index is -0.132. The molecule has 0 aliphatic rings. The van der Waals surface area contributed by atoms with Gasteiger partial charge in [-0.1, -0.05) is 36.5 Å². The van der Waals surface area contributed by atoms with Gasteiger partial charge < -0.3 is 0 Å². The molecule has 6 nitrogen and oxygen atoms in total. The number of nitrogens with zero attached hydrogens (tertiary/aromatic N) is 4. The minimum Gasteiger partial charge on any atom is -0.295 e. The van der Waals surface area contributed by atoms with Crippen molar-refractivity contribution in [3.8, 4) is 5.69 Å². The van der Waals surface area contributed by atoms with Crippen LogP contribution in [0.3, 0.4) is 0 Å². The van der Waals surface area contributed by atoms with Gasteiger partial charge in [-0.2, -0.15) is 0 Å². The molecule has 2 aromatic heterocycles. The number of hydrogen-bond acceptors (Lipinski definition) is 5. The van der Waals surface area contributed by atoms with E-state index in [1.807, 2.05) is 44.2 Å². The van der Waals surface area contributed by atoms with Crippen molar-refractivity contribution in [3.05, 3.63) is 57.0 Å². The Morgan fingerprint density at radius 2 is 2.09 bits per heavy atom. The van der Waals surface area contributed by atoms with E-state index in [0.717, 1.165) is 22.8 Å². The summed E-state index contributed by atoms with van der Waals surface area (Å²) in [5.41, 5.74) is 1.95. The van der Waals surface area contributed by atoms with Crippen LogP contribution in [-0.4, -0.2) is 26.2 Å². The van der Waals surface area contributed by atoms with E-state index in [0.29, 0.717) is 10.7 Å². The fraction of sp³-hybridized carbons (Fsp3) is 0.200. The third-order valence-electron chi connectivity index (χ3n) is 3.19. The Labute approximate surface area is 131 Å². The Balaban J connectivity index is 1.95. The topological polar surface area (TPSA) is 75.9 Å². The van der Waals surface area contributed by atoms with Gasteiger partial charge in [-0.05, 0) is 25.5 Å². The zero-order valence-corrected chi connectivity index (χ0v) is 13.1. The van der Waals surface area contributed by atoms with E-state index in [1.54, 1.807) is 6.21 Å². The van der Waals surface area contributed by atoms with Crippen LogP contribution in [0.5, 0.6) is 0 Å². The summed E-state index contributed by atoms with van der Waals surface area (Å²) in [5, 5.41) is 12.5. The van der Waals surface area contributed by atoms with Crippen molar-refractivity contribution in [2.75, 3.05) is 0 Å². The van der Waals surface area contributed by atoms with Crippen LogP contribution < -0.4 is 5.56 Å². The average molecular weight is 313 g/mol. The summed E-state index contributed by atoms with van der Waals surface area (Å²) in [6.07, 6.45) is 2.38. The molecule has 2 heterocycles. The standard InChI is InChI=1S/C15H15N5OS/c1-3-13-17-18-15(22-13)16-9-12-10(2)19-20(14(12)21)11-7-5-4-6-8-11/h4-9,19H,3H2,1-2H3/b16-9+. The SMILES string of the molecule is CCc1nnc(/N=C/c2c(C)[nH]n(-c3ccccc3)c2=O)s1. The molecule has 3 aromatic rings. The maximum atomic E-state index is 12.5. The van der Waals surface area contributed by atoms with Crippen LogP contribution in [0.4, 0.5) is 5.13 Å². The molecule has 0 aliphatic carbocycles. The van der Waals surface area contributed by atoms with E-state index in [2.05, 4.69) is 20.3 Å². The van der Waals surface area contributed by atoms with E-state index in [9.17, 15) is 4.79 Å². The van der Waals surface area contributed by atoms with E-state index < -0.39 is 0 Å². The second-order valence-electron chi connectivity index (χ2n) is 4.72. The Morgan fingerprint density at radius 1 is 1.32 bits per heavy atom. The molecule has 0 unspecified atom stereocenters. The molecule has 0 spiro atoms. The molecule has 7 heteroatoms. The molecule has 1 N–H and O–H groups in total. The number of benzene rings is 1. The van der Waals surface area contributed by atoms with E-state index in [1.165, 1.54) is 16.0 Å². The molecule has 0 bridgehead atoms. The quantitative estimate of drug-likeness (QED) is 0.752. The summed E-state index contributed by atoms with van der Waals surface area (Å²) in [6.45, 7) is 3.86. The molecule has 0 radical (unpaired) electrons. The Kier molecular flexibility index (Phi) is 3.97. The van der Waals surface area contributed by atoms with Gasteiger partial charge in [0.15, 0.2) is 0 Å². The second-order valence-corrected chi connectivity index (χ2v) is 5.76. The number of rotatable bonds is 4. The van der Waals surface area contributed by atoms with Crippen LogP contribution in [0.1, 0.15) is 23.2 Å². The highest BCUT2D eigenvalue weighted by molar-refractivity contribution is 7.14. The van der Waals surface area contributed by atoms with Crippen LogP contribution in [0, 0.1) is 6.92 Å². The summed E-state index contributed by atoms with van der Waals surface area (Å²) < 4.78 is 1.51. The van der Waals surface area contributed by atoms with Crippen molar-refractivity contribution in [3.63, 3.8) is 0 Å². The number of aromatic amines is 1. The van der Waals surface area contributed by atoms with Crippen molar-refractivity contribution in [1.29, 1.82) is 0 Å². The molecule has 0 saturated heterocycles. The van der Waals surface area contributed by atoms with Crippen molar-refractivity contribution >= 4 is 22.7 Å². The van der Waals surface area contributed by atoms with Crippen LogP contribution in [-0.2, 0) is 6.42 Å². The van der Waals surface area contributed by atoms with Gasteiger partial charge in [0.25, 0.3) is 5.56 Å². The first-order valence-corrected chi connectivity index (χ1v) is 7.74. The minimum absolute atomic E-state index is 0.132. The number of aliphatic imine (C=N–C) groups is 1. The third kappa shape index (κ3) is 2.75. The van der Waals surface area contributed by atoms with Crippen LogP contribution in [0.25, 0.3) is 5.69 Å². The molecule has 0 aliphatic heterocycles. The van der Waals surface area contributed by atoms with Gasteiger partial charge in [-0.25, -0.2) is 9.67 Å². The first kappa shape index (κ1) is 14.4. The average Bonchev–Trinajstić information content (AvgIpc) is 3.11. The maximum absolute atomic E-state index is 12.5. The van der Waals surface area contributed by atoms with Crippen molar-refractivity contribution in [2.45, 2.75) is 20.3 Å². The highest BCUT2D eigenvalue weighted by Crippen LogP contribution is 2.18. The van der Waals surface area contributed by atoms with Gasteiger partial charge in [0.2, 0.25) is 5.13 Å². The summed E-state index contributed by atoms with van der Waals surface area (Å²) in [7, 11) is 0. The predicted octanol–water partition coefficient (Wildman–Crippen LogP) is 2.64. The summed E-state index contributed by atoms with van der Waals surface area (Å²) in [6, 6.07) is 9.43. The van der Waals surface area contributed by atoms with Crippen molar-refractivity contribution in [1.82, 2.24) is 20.0 Å². The monoisotopic (exact) mass is 313 g/mol. The fourth-order valence-corrected chi connectivity index (χ4v) is 2.65. The molecule has 22 heavy (non-hydrogen) atoms. The molecule has 1 aromatic carbocycles. The molecular weight excluding hydrogens is 298 g/mol. The Morgan fingerprint density at radius 3 is 2.77 bits per heavy atom. The lowest BCUT2D eigenvalue weighted by Gasteiger charge is -1.99. The summed E-state index contributed by atoms with van der Waals surface area (Å²) in [4.78, 5) is 16.7. The molecule has 112 valence electrons. The number of aromatic nitrogens is 4. The van der Waals surface area contributed by atoms with Crippen molar-refractivity contribution in [2.24, 2.45) is 4.99 Å². The largest absolute Gasteiger partial charge is 0.295 e. The highest BCUT2D eigenvalue weighted by atomic mass is 32.1. The van der Waals surface area contributed by atoms with E-state index >= 15 is 0 Å². The maximum Gasteiger partial charge on any atom is 0.280 e. The van der Waals surface area contributed by atoms with Crippen LogP contribution in [0.2, 0.25) is 0 Å². The zero-order valence-electron chi connectivity index (χ0n) is 12.3. The molecule has 0 fully saturated rings. The van der Waals surface area contributed by atoms with E-state index in [-0.39, 0.29) is 5.56 Å². The van der Waals surface area contributed by atoms with Crippen LogP contribution in [0.15, 0.2) is 40.1 Å². The smallest absolute Gasteiger partial charge is 0.280 e. The third-order valence-corrected chi connectivity index (χ3v) is 4.17. The van der Waals surface area contributed by atoms with Gasteiger partial charge in [0, 0.05) is 11.9 Å². The Hall–Kier alpha value is -2.54. The van der Waals surface area contributed by atoms with Gasteiger partial charge in [-0.15, -0.1) is 10.2 Å². The summed E-state index contributed by atoms with van der Waals surface area (Å²) >= 11 is 1.43. The van der Waals surface area contributed by atoms with Crippen molar-refractivity contribution < 1.29 is 0 Å². The fourth-order valence-electron chi connectivity index (χ4n) is 2.03. The molecule has 0 saturated carbocycles. The lowest BCUT2D eigenvalue weighted by atomic mass is 10.3. The lowest BCUT2D eigenvalue weighted by Crippen LogP contribution is -2.17. The van der Waals surface area contributed by atoms with Gasteiger partial charge in [-0.3, -0.25) is 9.89 Å². The number of aryl methyl sites for hydroxylation is 2. The first-order valence-electron chi connectivity index (χ1n) is 6.92. The van der Waals surface area contributed by atoms with E-state index in [4.69, 9.17) is 0 Å². The van der Waals surface area contributed by atoms with Gasteiger partial charge in [0.1, 0.15) is 5.01 Å². The van der Waals surface area contributed by atoms with Crippen LogP contribution >= 0.6 is 11.3 Å². The molecular formula is C15H15N5OS. The number of nitrogens with one attached hydrogen (secondary N) is 1. The Bertz CT molecular complexity index is 860. The number of para-hydroxylation sites is 1. The second kappa shape index (κ2) is 6.07. The number of H-pyrrole nitrogens is 1. The number of hydrogen-bond donors (Lipinski definition) is 1. The first-order chi connectivity index (χ1) is 10.7. The normalized spacial score (nSPS) is 11.4.